The quantitative estimate of drug-likeness (QED) is 0.692. The van der Waals surface area contributed by atoms with Crippen LogP contribution < -0.4 is 10.6 Å². The fourth-order valence-corrected chi connectivity index (χ4v) is 3.05. The molecule has 6 heteroatoms. The van der Waals surface area contributed by atoms with Crippen LogP contribution in [0.25, 0.3) is 0 Å². The Balaban J connectivity index is 0.00000312. The third-order valence-electron chi connectivity index (χ3n) is 4.51. The van der Waals surface area contributed by atoms with Crippen LogP contribution in [0.15, 0.2) is 30.3 Å². The van der Waals surface area contributed by atoms with Gasteiger partial charge in [-0.15, -0.1) is 12.4 Å². The van der Waals surface area contributed by atoms with Gasteiger partial charge in [-0.3, -0.25) is 9.59 Å². The molecule has 1 aromatic carbocycles. The lowest BCUT2D eigenvalue weighted by Gasteiger charge is -2.32. The highest BCUT2D eigenvalue weighted by atomic mass is 35.5. The van der Waals surface area contributed by atoms with Gasteiger partial charge < -0.3 is 15.5 Å². The Labute approximate surface area is 157 Å². The van der Waals surface area contributed by atoms with Gasteiger partial charge in [0, 0.05) is 32.0 Å². The molecule has 2 N–H and O–H groups in total. The topological polar surface area (TPSA) is 61.4 Å². The van der Waals surface area contributed by atoms with E-state index in [0.29, 0.717) is 12.8 Å². The molecule has 0 spiro atoms. The molecule has 0 aliphatic carbocycles. The second-order valence-corrected chi connectivity index (χ2v) is 6.42. The molecule has 2 rings (SSSR count). The summed E-state index contributed by atoms with van der Waals surface area (Å²) in [6, 6.07) is 10.3. The molecule has 25 heavy (non-hydrogen) atoms. The minimum Gasteiger partial charge on any atom is -0.353 e. The highest BCUT2D eigenvalue weighted by Gasteiger charge is 2.23. The zero-order valence-electron chi connectivity index (χ0n) is 15.0. The van der Waals surface area contributed by atoms with E-state index in [2.05, 4.69) is 22.8 Å². The van der Waals surface area contributed by atoms with Crippen LogP contribution in [0.2, 0.25) is 0 Å². The summed E-state index contributed by atoms with van der Waals surface area (Å²) >= 11 is 0. The minimum atomic E-state index is 0. The standard InChI is InChI=1S/C19H29N3O2.ClH/c1-20-13-5-8-18(23)21-17-11-14-22(15-12-17)19(24)10-9-16-6-3-2-4-7-16;/h2-4,6-7,17,20H,5,8-15H2,1H3,(H,21,23);1H. The molecule has 1 aliphatic heterocycles. The number of likely N-dealkylation sites (tertiary alicyclic amines) is 1. The van der Waals surface area contributed by atoms with E-state index in [1.165, 1.54) is 5.56 Å². The van der Waals surface area contributed by atoms with Crippen LogP contribution in [-0.2, 0) is 16.0 Å². The molecule has 0 bridgehead atoms. The molecule has 0 radical (unpaired) electrons. The third-order valence-corrected chi connectivity index (χ3v) is 4.51. The first-order chi connectivity index (χ1) is 11.7. The predicted molar refractivity (Wildman–Crippen MR) is 103 cm³/mol. The van der Waals surface area contributed by atoms with Crippen molar-refractivity contribution in [2.75, 3.05) is 26.7 Å². The van der Waals surface area contributed by atoms with Crippen LogP contribution in [-0.4, -0.2) is 49.4 Å². The molecular formula is C19H30ClN3O2. The number of carbonyl (C=O) groups is 2. The van der Waals surface area contributed by atoms with E-state index in [1.54, 1.807) is 0 Å². The molecule has 0 aromatic heterocycles. The number of carbonyl (C=O) groups excluding carboxylic acids is 2. The van der Waals surface area contributed by atoms with Crippen molar-refractivity contribution in [3.63, 3.8) is 0 Å². The van der Waals surface area contributed by atoms with Gasteiger partial charge in [-0.1, -0.05) is 30.3 Å². The van der Waals surface area contributed by atoms with Gasteiger partial charge in [-0.05, 0) is 44.8 Å². The number of piperidine rings is 1. The van der Waals surface area contributed by atoms with Gasteiger partial charge >= 0.3 is 0 Å². The Hall–Kier alpha value is -1.59. The molecule has 0 unspecified atom stereocenters. The summed E-state index contributed by atoms with van der Waals surface area (Å²) in [6.45, 7) is 2.35. The summed E-state index contributed by atoms with van der Waals surface area (Å²) in [5.74, 6) is 0.344. The van der Waals surface area contributed by atoms with Gasteiger partial charge in [-0.25, -0.2) is 0 Å². The van der Waals surface area contributed by atoms with E-state index >= 15 is 0 Å². The van der Waals surface area contributed by atoms with Gasteiger partial charge in [0.05, 0.1) is 0 Å². The monoisotopic (exact) mass is 367 g/mol. The SMILES string of the molecule is CNCCCC(=O)NC1CCN(C(=O)CCc2ccccc2)CC1.Cl. The molecular weight excluding hydrogens is 338 g/mol. The summed E-state index contributed by atoms with van der Waals surface area (Å²) in [4.78, 5) is 26.1. The molecule has 140 valence electrons. The summed E-state index contributed by atoms with van der Waals surface area (Å²) in [5.41, 5.74) is 1.20. The van der Waals surface area contributed by atoms with Crippen molar-refractivity contribution < 1.29 is 9.59 Å². The van der Waals surface area contributed by atoms with E-state index in [0.717, 1.165) is 45.3 Å². The summed E-state index contributed by atoms with van der Waals surface area (Å²) in [5, 5.41) is 6.13. The maximum absolute atomic E-state index is 12.3. The van der Waals surface area contributed by atoms with Crippen molar-refractivity contribution in [1.82, 2.24) is 15.5 Å². The predicted octanol–water partition coefficient (Wildman–Crippen LogP) is 2.15. The first-order valence-corrected chi connectivity index (χ1v) is 8.94. The molecule has 1 saturated heterocycles. The average Bonchev–Trinajstić information content (AvgIpc) is 2.61. The number of hydrogen-bond acceptors (Lipinski definition) is 3. The fourth-order valence-electron chi connectivity index (χ4n) is 3.05. The second kappa shape index (κ2) is 11.9. The first-order valence-electron chi connectivity index (χ1n) is 8.94. The van der Waals surface area contributed by atoms with Crippen molar-refractivity contribution >= 4 is 24.2 Å². The lowest BCUT2D eigenvalue weighted by Crippen LogP contribution is -2.46. The number of rotatable bonds is 8. The van der Waals surface area contributed by atoms with E-state index < -0.39 is 0 Å². The molecule has 2 amide bonds. The van der Waals surface area contributed by atoms with Crippen molar-refractivity contribution in [2.45, 2.75) is 44.6 Å². The van der Waals surface area contributed by atoms with Gasteiger partial charge in [0.2, 0.25) is 11.8 Å². The largest absolute Gasteiger partial charge is 0.353 e. The van der Waals surface area contributed by atoms with Gasteiger partial charge in [0.1, 0.15) is 0 Å². The number of aryl methyl sites for hydroxylation is 1. The Morgan fingerprint density at radius 2 is 1.80 bits per heavy atom. The van der Waals surface area contributed by atoms with E-state index in [4.69, 9.17) is 0 Å². The van der Waals surface area contributed by atoms with Crippen LogP contribution in [0, 0.1) is 0 Å². The number of amides is 2. The highest BCUT2D eigenvalue weighted by Crippen LogP contribution is 2.13. The number of benzene rings is 1. The zero-order chi connectivity index (χ0) is 17.2. The minimum absolute atomic E-state index is 0. The summed E-state index contributed by atoms with van der Waals surface area (Å²) in [6.07, 6.45) is 4.49. The molecule has 0 saturated carbocycles. The Bertz CT molecular complexity index is 517. The van der Waals surface area contributed by atoms with Crippen LogP contribution in [0.5, 0.6) is 0 Å². The van der Waals surface area contributed by atoms with E-state index in [-0.39, 0.29) is 30.3 Å². The van der Waals surface area contributed by atoms with Crippen LogP contribution in [0.3, 0.4) is 0 Å². The lowest BCUT2D eigenvalue weighted by atomic mass is 10.0. The van der Waals surface area contributed by atoms with Gasteiger partial charge in [0.15, 0.2) is 0 Å². The highest BCUT2D eigenvalue weighted by molar-refractivity contribution is 5.85. The van der Waals surface area contributed by atoms with Gasteiger partial charge in [-0.2, -0.15) is 0 Å². The van der Waals surface area contributed by atoms with Crippen molar-refractivity contribution in [2.24, 2.45) is 0 Å². The maximum atomic E-state index is 12.3. The van der Waals surface area contributed by atoms with Crippen LogP contribution in [0.1, 0.15) is 37.7 Å². The molecule has 0 atom stereocenters. The average molecular weight is 368 g/mol. The Morgan fingerprint density at radius 1 is 1.12 bits per heavy atom. The Morgan fingerprint density at radius 3 is 2.44 bits per heavy atom. The lowest BCUT2D eigenvalue weighted by molar-refractivity contribution is -0.132. The number of hydrogen-bond donors (Lipinski definition) is 2. The molecule has 1 aliphatic rings. The van der Waals surface area contributed by atoms with E-state index in [1.807, 2.05) is 30.1 Å². The van der Waals surface area contributed by atoms with Crippen molar-refractivity contribution in [3.8, 4) is 0 Å². The Kier molecular flexibility index (Phi) is 10.2. The van der Waals surface area contributed by atoms with Gasteiger partial charge in [0.25, 0.3) is 0 Å². The smallest absolute Gasteiger partial charge is 0.222 e. The van der Waals surface area contributed by atoms with E-state index in [9.17, 15) is 9.59 Å². The first kappa shape index (κ1) is 21.5. The zero-order valence-corrected chi connectivity index (χ0v) is 15.8. The van der Waals surface area contributed by atoms with Crippen molar-refractivity contribution in [1.29, 1.82) is 0 Å². The molecule has 1 aromatic rings. The fraction of sp³-hybridized carbons (Fsp3) is 0.579. The third kappa shape index (κ3) is 7.88. The maximum Gasteiger partial charge on any atom is 0.222 e. The number of halogens is 1. The summed E-state index contributed by atoms with van der Waals surface area (Å²) < 4.78 is 0. The number of nitrogens with zero attached hydrogens (tertiary/aromatic N) is 1. The normalized spacial score (nSPS) is 14.7. The van der Waals surface area contributed by atoms with Crippen LogP contribution >= 0.6 is 12.4 Å². The molecule has 1 fully saturated rings. The molecule has 1 heterocycles. The molecule has 5 nitrogen and oxygen atoms in total. The van der Waals surface area contributed by atoms with Crippen LogP contribution in [0.4, 0.5) is 0 Å². The number of nitrogens with one attached hydrogen (secondary N) is 2. The summed E-state index contributed by atoms with van der Waals surface area (Å²) in [7, 11) is 1.89. The second-order valence-electron chi connectivity index (χ2n) is 6.42. The van der Waals surface area contributed by atoms with Crippen molar-refractivity contribution in [3.05, 3.63) is 35.9 Å².